The number of aromatic nitrogens is 1. The lowest BCUT2D eigenvalue weighted by atomic mass is 10.1. The van der Waals surface area contributed by atoms with Gasteiger partial charge in [-0.05, 0) is 31.0 Å². The van der Waals surface area contributed by atoms with Crippen molar-refractivity contribution in [2.45, 2.75) is 38.6 Å². The number of amides is 1. The number of thiazole rings is 1. The van der Waals surface area contributed by atoms with Crippen molar-refractivity contribution in [2.24, 2.45) is 0 Å². The van der Waals surface area contributed by atoms with Crippen molar-refractivity contribution < 1.29 is 24.1 Å². The van der Waals surface area contributed by atoms with Crippen LogP contribution in [0.4, 0.5) is 0 Å². The predicted molar refractivity (Wildman–Crippen MR) is 121 cm³/mol. The molecule has 1 N–H and O–H groups in total. The standard InChI is InChI=1S/C24H26N2O5S/c1-29-20-8-4-3-7-19(20)24(28)26(18-10-11-18)12-16-6-5-9-21(30-2)23(16)31-14-22-25-17(13-27)15-32-22/h3-9,15,18,27H,10-14H2,1-2H3. The van der Waals surface area contributed by atoms with Crippen molar-refractivity contribution in [3.63, 3.8) is 0 Å². The van der Waals surface area contributed by atoms with Crippen LogP contribution >= 0.6 is 11.3 Å². The first-order valence-corrected chi connectivity index (χ1v) is 11.3. The summed E-state index contributed by atoms with van der Waals surface area (Å²) in [7, 11) is 3.17. The summed E-state index contributed by atoms with van der Waals surface area (Å²) in [4.78, 5) is 19.7. The first-order valence-electron chi connectivity index (χ1n) is 10.4. The van der Waals surface area contributed by atoms with Crippen LogP contribution in [0.5, 0.6) is 17.2 Å². The van der Waals surface area contributed by atoms with E-state index in [4.69, 9.17) is 14.2 Å². The summed E-state index contributed by atoms with van der Waals surface area (Å²) in [5.41, 5.74) is 2.03. The molecule has 2 aromatic carbocycles. The molecular formula is C24H26N2O5S. The Kier molecular flexibility index (Phi) is 6.92. The highest BCUT2D eigenvalue weighted by molar-refractivity contribution is 7.09. The number of ether oxygens (including phenoxy) is 3. The molecule has 1 aliphatic carbocycles. The highest BCUT2D eigenvalue weighted by Gasteiger charge is 2.35. The number of carbonyl (C=O) groups is 1. The maximum absolute atomic E-state index is 13.4. The molecule has 0 unspecified atom stereocenters. The summed E-state index contributed by atoms with van der Waals surface area (Å²) in [6, 6.07) is 13.2. The SMILES string of the molecule is COc1ccccc1C(=O)N(Cc1cccc(OC)c1OCc1nc(CO)cs1)C1CC1. The van der Waals surface area contributed by atoms with Crippen molar-refractivity contribution >= 4 is 17.2 Å². The molecule has 0 saturated heterocycles. The van der Waals surface area contributed by atoms with Crippen LogP contribution in [0, 0.1) is 0 Å². The normalized spacial score (nSPS) is 13.0. The zero-order chi connectivity index (χ0) is 22.5. The van der Waals surface area contributed by atoms with Gasteiger partial charge in [0.05, 0.1) is 38.6 Å². The quantitative estimate of drug-likeness (QED) is 0.498. The average Bonchev–Trinajstić information content (AvgIpc) is 3.57. The fraction of sp³-hybridized carbons (Fsp3) is 0.333. The zero-order valence-electron chi connectivity index (χ0n) is 18.1. The van der Waals surface area contributed by atoms with Crippen LogP contribution in [0.25, 0.3) is 0 Å². The third-order valence-corrected chi connectivity index (χ3v) is 6.18. The summed E-state index contributed by atoms with van der Waals surface area (Å²) in [6.07, 6.45) is 1.95. The van der Waals surface area contributed by atoms with Gasteiger partial charge in [0.15, 0.2) is 11.5 Å². The van der Waals surface area contributed by atoms with Crippen LogP contribution in [-0.4, -0.2) is 41.2 Å². The van der Waals surface area contributed by atoms with Crippen molar-refractivity contribution in [1.29, 1.82) is 0 Å². The van der Waals surface area contributed by atoms with Crippen LogP contribution in [0.3, 0.4) is 0 Å². The fourth-order valence-corrected chi connectivity index (χ4v) is 4.24. The van der Waals surface area contributed by atoms with Gasteiger partial charge in [-0.3, -0.25) is 4.79 Å². The lowest BCUT2D eigenvalue weighted by molar-refractivity contribution is 0.0724. The first-order chi connectivity index (χ1) is 15.6. The molecule has 0 aliphatic heterocycles. The minimum atomic E-state index is -0.0994. The van der Waals surface area contributed by atoms with Crippen LogP contribution in [0.15, 0.2) is 47.8 Å². The molecule has 3 aromatic rings. The van der Waals surface area contributed by atoms with E-state index in [1.807, 2.05) is 40.6 Å². The number of rotatable bonds is 10. The topological polar surface area (TPSA) is 81.1 Å². The molecule has 1 aliphatic rings. The Labute approximate surface area is 191 Å². The second-order valence-electron chi connectivity index (χ2n) is 7.49. The van der Waals surface area contributed by atoms with E-state index in [0.717, 1.165) is 23.4 Å². The first kappa shape index (κ1) is 22.1. The molecule has 8 heteroatoms. The Balaban J connectivity index is 1.59. The molecule has 1 heterocycles. The number of nitrogens with zero attached hydrogens (tertiary/aromatic N) is 2. The zero-order valence-corrected chi connectivity index (χ0v) is 18.9. The van der Waals surface area contributed by atoms with Crippen molar-refractivity contribution in [1.82, 2.24) is 9.88 Å². The second-order valence-corrected chi connectivity index (χ2v) is 8.44. The van der Waals surface area contributed by atoms with Gasteiger partial charge in [0.1, 0.15) is 17.4 Å². The molecule has 1 saturated carbocycles. The minimum Gasteiger partial charge on any atom is -0.496 e. The van der Waals surface area contributed by atoms with Gasteiger partial charge in [-0.1, -0.05) is 24.3 Å². The molecule has 7 nitrogen and oxygen atoms in total. The summed E-state index contributed by atoms with van der Waals surface area (Å²) < 4.78 is 17.1. The number of benzene rings is 2. The Morgan fingerprint density at radius 1 is 1.12 bits per heavy atom. The number of methoxy groups -OCH3 is 2. The van der Waals surface area contributed by atoms with Gasteiger partial charge in [-0.15, -0.1) is 11.3 Å². The molecule has 1 amide bonds. The van der Waals surface area contributed by atoms with Gasteiger partial charge >= 0.3 is 0 Å². The lowest BCUT2D eigenvalue weighted by Gasteiger charge is -2.25. The highest BCUT2D eigenvalue weighted by Crippen LogP contribution is 2.37. The van der Waals surface area contributed by atoms with Crippen LogP contribution in [0.1, 0.15) is 39.5 Å². The number of carbonyl (C=O) groups excluding carboxylic acids is 1. The predicted octanol–water partition coefficient (Wildman–Crippen LogP) is 4.04. The van der Waals surface area contributed by atoms with E-state index in [1.165, 1.54) is 11.3 Å². The van der Waals surface area contributed by atoms with E-state index < -0.39 is 0 Å². The Bertz CT molecular complexity index is 1080. The second kappa shape index (κ2) is 10.0. The fourth-order valence-electron chi connectivity index (χ4n) is 3.54. The van der Waals surface area contributed by atoms with Crippen molar-refractivity contribution in [3.05, 3.63) is 69.7 Å². The van der Waals surface area contributed by atoms with Gasteiger partial charge in [0.25, 0.3) is 5.91 Å². The third kappa shape index (κ3) is 4.87. The summed E-state index contributed by atoms with van der Waals surface area (Å²) >= 11 is 1.43. The Morgan fingerprint density at radius 3 is 2.56 bits per heavy atom. The van der Waals surface area contributed by atoms with Crippen molar-refractivity contribution in [2.75, 3.05) is 14.2 Å². The van der Waals surface area contributed by atoms with Gasteiger partial charge in [-0.2, -0.15) is 0 Å². The van der Waals surface area contributed by atoms with Gasteiger partial charge < -0.3 is 24.2 Å². The summed E-state index contributed by atoms with van der Waals surface area (Å²) in [5.74, 6) is 1.69. The largest absolute Gasteiger partial charge is 0.496 e. The van der Waals surface area contributed by atoms with Gasteiger partial charge in [0.2, 0.25) is 0 Å². The molecule has 4 rings (SSSR count). The van der Waals surface area contributed by atoms with Gasteiger partial charge in [-0.25, -0.2) is 4.98 Å². The van der Waals surface area contributed by atoms with Crippen molar-refractivity contribution in [3.8, 4) is 17.2 Å². The van der Waals surface area contributed by atoms with E-state index in [0.29, 0.717) is 35.1 Å². The molecular weight excluding hydrogens is 428 g/mol. The van der Waals surface area contributed by atoms with E-state index in [2.05, 4.69) is 4.98 Å². The maximum atomic E-state index is 13.4. The molecule has 0 atom stereocenters. The number of aliphatic hydroxyl groups excluding tert-OH is 1. The molecule has 1 fully saturated rings. The number of hydrogen-bond acceptors (Lipinski definition) is 7. The number of aliphatic hydroxyl groups is 1. The maximum Gasteiger partial charge on any atom is 0.258 e. The lowest BCUT2D eigenvalue weighted by Crippen LogP contribution is -2.33. The molecule has 1 aromatic heterocycles. The van der Waals surface area contributed by atoms with Crippen LogP contribution < -0.4 is 14.2 Å². The third-order valence-electron chi connectivity index (χ3n) is 5.31. The Hall–Kier alpha value is -3.10. The number of para-hydroxylation sites is 2. The molecule has 0 radical (unpaired) electrons. The highest BCUT2D eigenvalue weighted by atomic mass is 32.1. The number of hydrogen-bond donors (Lipinski definition) is 1. The smallest absolute Gasteiger partial charge is 0.258 e. The van der Waals surface area contributed by atoms with E-state index in [-0.39, 0.29) is 25.2 Å². The summed E-state index contributed by atoms with van der Waals surface area (Å²) in [5, 5.41) is 11.8. The van der Waals surface area contributed by atoms with E-state index in [9.17, 15) is 9.90 Å². The molecule has 32 heavy (non-hydrogen) atoms. The summed E-state index contributed by atoms with van der Waals surface area (Å²) in [6.45, 7) is 0.549. The van der Waals surface area contributed by atoms with E-state index >= 15 is 0 Å². The average molecular weight is 455 g/mol. The van der Waals surface area contributed by atoms with Gasteiger partial charge in [0, 0.05) is 17.0 Å². The molecule has 168 valence electrons. The monoisotopic (exact) mass is 454 g/mol. The minimum absolute atomic E-state index is 0.0637. The van der Waals surface area contributed by atoms with E-state index in [1.54, 1.807) is 26.4 Å². The Morgan fingerprint density at radius 2 is 1.88 bits per heavy atom. The molecule has 0 bridgehead atoms. The van der Waals surface area contributed by atoms with Crippen LogP contribution in [-0.2, 0) is 19.8 Å². The molecule has 0 spiro atoms. The van der Waals surface area contributed by atoms with Crippen LogP contribution in [0.2, 0.25) is 0 Å².